The smallest absolute Gasteiger partial charge is 0.378 e. The number of imidazole rings is 1. The number of benzene rings is 4. The molecule has 4 atom stereocenters. The van der Waals surface area contributed by atoms with Crippen LogP contribution in [0.25, 0.3) is 11.2 Å². The number of nitrogens with zero attached hydrogens (tertiary/aromatic N) is 3. The molecule has 4 aromatic carbocycles. The number of H-pyrrole nitrogens is 1. The number of carbonyl (C=O) groups is 1. The normalized spacial score (nSPS) is 17.9. The van der Waals surface area contributed by atoms with E-state index in [9.17, 15) is 14.5 Å². The molecular weight excluding hydrogens is 805 g/mol. The summed E-state index contributed by atoms with van der Waals surface area (Å²) in [6.45, 7) is -0.633. The van der Waals surface area contributed by atoms with Crippen LogP contribution in [0, 0.1) is 5.92 Å². The Morgan fingerprint density at radius 2 is 1.55 bits per heavy atom. The van der Waals surface area contributed by atoms with E-state index in [1.54, 1.807) is 56.9 Å². The third kappa shape index (κ3) is 8.81. The average Bonchev–Trinajstić information content (AvgIpc) is 3.83. The first-order chi connectivity index (χ1) is 27.9. The highest BCUT2D eigenvalue weighted by atomic mass is 35.5. The summed E-state index contributed by atoms with van der Waals surface area (Å²) in [5, 5.41) is 3.12. The molecule has 0 spiro atoms. The van der Waals surface area contributed by atoms with E-state index in [2.05, 4.69) is 20.3 Å². The van der Waals surface area contributed by atoms with Crippen LogP contribution in [-0.4, -0.2) is 63.4 Å². The minimum absolute atomic E-state index is 0.0313. The highest BCUT2D eigenvalue weighted by Gasteiger charge is 2.45. The van der Waals surface area contributed by atoms with E-state index in [0.717, 1.165) is 16.7 Å². The Kier molecular flexibility index (Phi) is 12.3. The summed E-state index contributed by atoms with van der Waals surface area (Å²) >= 11 is 11.6. The molecule has 3 N–H and O–H groups in total. The van der Waals surface area contributed by atoms with Crippen LogP contribution in [0.2, 0.25) is 5.02 Å². The molecule has 1 fully saturated rings. The van der Waals surface area contributed by atoms with Crippen molar-refractivity contribution in [1.29, 1.82) is 0 Å². The van der Waals surface area contributed by atoms with Crippen LogP contribution in [0.15, 0.2) is 114 Å². The van der Waals surface area contributed by atoms with Gasteiger partial charge < -0.3 is 28.4 Å². The van der Waals surface area contributed by atoms with Gasteiger partial charge in [-0.05, 0) is 65.2 Å². The maximum atomic E-state index is 13.1. The molecule has 3 heterocycles. The molecule has 0 radical (unpaired) electrons. The number of ether oxygens (including phenoxy) is 4. The molecule has 17 heteroatoms. The summed E-state index contributed by atoms with van der Waals surface area (Å²) in [5.41, 5.74) is 0.807. The van der Waals surface area contributed by atoms with Crippen molar-refractivity contribution in [3.05, 3.63) is 142 Å². The van der Waals surface area contributed by atoms with E-state index < -0.39 is 36.3 Å². The lowest BCUT2D eigenvalue weighted by molar-refractivity contribution is -0.118. The molecule has 0 bridgehead atoms. The Hall–Kier alpha value is -5.12. The van der Waals surface area contributed by atoms with Gasteiger partial charge in [0.25, 0.3) is 5.56 Å². The zero-order valence-corrected chi connectivity index (χ0v) is 34.4. The largest absolute Gasteiger partial charge is 0.497 e. The third-order valence-electron chi connectivity index (χ3n) is 9.63. The zero-order valence-electron chi connectivity index (χ0n) is 31.9. The van der Waals surface area contributed by atoms with Crippen molar-refractivity contribution >= 4 is 53.1 Å². The SMILES string of the molecule is COc1ccc(C(OC[C@H]2O[C@@H](n3cnc4c(=O)[nH]c(NC(=O)C(C)C)nc43)C[C@@H]2OP(O)(=S)Oc2ccc(Cl)cc2)(c2ccccc2)c2ccc(OC)cc2)cc1. The number of aromatic amines is 1. The average molecular weight is 846 g/mol. The number of aromatic nitrogens is 4. The lowest BCUT2D eigenvalue weighted by atomic mass is 9.80. The van der Waals surface area contributed by atoms with E-state index in [-0.39, 0.29) is 47.7 Å². The van der Waals surface area contributed by atoms with Crippen molar-refractivity contribution in [3.8, 4) is 17.2 Å². The van der Waals surface area contributed by atoms with Gasteiger partial charge in [0.05, 0.1) is 27.2 Å². The number of carbonyl (C=O) groups excluding carboxylic acids is 1. The predicted octanol–water partition coefficient (Wildman–Crippen LogP) is 7.36. The second-order valence-corrected chi connectivity index (χ2v) is 16.9. The van der Waals surface area contributed by atoms with E-state index >= 15 is 0 Å². The number of nitrogens with one attached hydrogen (secondary N) is 2. The molecular formula is C41H41ClN5O9PS. The van der Waals surface area contributed by atoms with Crippen LogP contribution in [0.4, 0.5) is 5.95 Å². The maximum absolute atomic E-state index is 13.1. The fourth-order valence-corrected chi connectivity index (χ4v) is 8.40. The number of hydrogen-bond acceptors (Lipinski definition) is 11. The number of hydrogen-bond donors (Lipinski definition) is 3. The number of methoxy groups -OCH3 is 2. The number of amides is 1. The summed E-state index contributed by atoms with van der Waals surface area (Å²) in [6.07, 6.45) is -1.10. The molecule has 2 aromatic heterocycles. The van der Waals surface area contributed by atoms with Crippen molar-refractivity contribution in [2.75, 3.05) is 26.1 Å². The summed E-state index contributed by atoms with van der Waals surface area (Å²) in [4.78, 5) is 48.5. The summed E-state index contributed by atoms with van der Waals surface area (Å²) in [5.74, 6) is 0.853. The van der Waals surface area contributed by atoms with Gasteiger partial charge in [-0.3, -0.25) is 29.0 Å². The van der Waals surface area contributed by atoms with Crippen molar-refractivity contribution in [1.82, 2.24) is 19.5 Å². The highest BCUT2D eigenvalue weighted by molar-refractivity contribution is 8.07. The highest BCUT2D eigenvalue weighted by Crippen LogP contribution is 2.50. The van der Waals surface area contributed by atoms with Gasteiger partial charge in [-0.15, -0.1) is 0 Å². The Morgan fingerprint density at radius 3 is 2.14 bits per heavy atom. The van der Waals surface area contributed by atoms with Crippen LogP contribution in [0.1, 0.15) is 43.2 Å². The molecule has 14 nitrogen and oxygen atoms in total. The Morgan fingerprint density at radius 1 is 0.966 bits per heavy atom. The van der Waals surface area contributed by atoms with Crippen LogP contribution in [0.3, 0.4) is 0 Å². The van der Waals surface area contributed by atoms with Crippen molar-refractivity contribution in [2.24, 2.45) is 5.92 Å². The van der Waals surface area contributed by atoms with Gasteiger partial charge in [-0.2, -0.15) is 4.98 Å². The summed E-state index contributed by atoms with van der Waals surface area (Å²) in [6, 6.07) is 31.3. The second kappa shape index (κ2) is 17.4. The molecule has 0 aliphatic carbocycles. The van der Waals surface area contributed by atoms with Crippen LogP contribution >= 0.6 is 18.3 Å². The topological polar surface area (TPSA) is 168 Å². The first-order valence-electron chi connectivity index (χ1n) is 18.3. The molecule has 1 unspecified atom stereocenters. The lowest BCUT2D eigenvalue weighted by Crippen LogP contribution is -2.38. The minimum atomic E-state index is -3.98. The first-order valence-corrected chi connectivity index (χ1v) is 21.2. The van der Waals surface area contributed by atoms with Crippen molar-refractivity contribution in [3.63, 3.8) is 0 Å². The van der Waals surface area contributed by atoms with Crippen LogP contribution in [0.5, 0.6) is 17.2 Å². The fraction of sp³-hybridized carbons (Fsp3) is 0.268. The number of rotatable bonds is 15. The molecule has 1 saturated heterocycles. The molecule has 1 aliphatic heterocycles. The van der Waals surface area contributed by atoms with E-state index in [4.69, 9.17) is 51.4 Å². The van der Waals surface area contributed by atoms with Gasteiger partial charge in [0, 0.05) is 29.2 Å². The molecule has 302 valence electrons. The number of halogens is 1. The van der Waals surface area contributed by atoms with Gasteiger partial charge >= 0.3 is 6.72 Å². The van der Waals surface area contributed by atoms with E-state index in [0.29, 0.717) is 16.5 Å². The first kappa shape index (κ1) is 41.1. The minimum Gasteiger partial charge on any atom is -0.497 e. The Balaban J connectivity index is 1.29. The number of fused-ring (bicyclic) bond motifs is 1. The lowest BCUT2D eigenvalue weighted by Gasteiger charge is -2.37. The monoisotopic (exact) mass is 845 g/mol. The number of anilines is 1. The van der Waals surface area contributed by atoms with Crippen LogP contribution in [-0.2, 0) is 36.2 Å². The molecule has 1 amide bonds. The molecule has 7 rings (SSSR count). The maximum Gasteiger partial charge on any atom is 0.378 e. The van der Waals surface area contributed by atoms with Crippen molar-refractivity contribution in [2.45, 2.75) is 44.3 Å². The molecule has 6 aromatic rings. The Labute approximate surface area is 344 Å². The molecule has 58 heavy (non-hydrogen) atoms. The standard InChI is InChI=1S/C41H41ClN5O9PS/c1-25(2)38(48)45-40-44-37-36(39(49)46-40)43-24-47(37)35-22-33(56-57(50,58)55-32-20-14-29(42)15-21-32)34(54-35)23-53-41(26-8-6-5-7-9-26,27-10-16-30(51-3)17-11-27)28-12-18-31(52-4)19-13-28/h5-21,24-25,33-35H,22-23H2,1-4H3,(H,50,58)(H2,44,45,46,48,49)/t33-,34+,35+,57?/m0/s1. The zero-order chi connectivity index (χ0) is 41.0. The van der Waals surface area contributed by atoms with Gasteiger partial charge in [0.2, 0.25) is 11.9 Å². The molecule has 1 aliphatic rings. The summed E-state index contributed by atoms with van der Waals surface area (Å²) < 4.78 is 38.5. The van der Waals surface area contributed by atoms with E-state index in [1.807, 2.05) is 78.9 Å². The Bertz CT molecular complexity index is 2420. The fourth-order valence-electron chi connectivity index (χ4n) is 6.69. The van der Waals surface area contributed by atoms with Gasteiger partial charge in [0.1, 0.15) is 41.3 Å². The summed E-state index contributed by atoms with van der Waals surface area (Å²) in [7, 11) is 3.20. The quantitative estimate of drug-likeness (QED) is 0.0695. The van der Waals surface area contributed by atoms with Gasteiger partial charge in [-0.25, -0.2) is 4.98 Å². The van der Waals surface area contributed by atoms with Crippen molar-refractivity contribution < 1.29 is 37.7 Å². The van der Waals surface area contributed by atoms with Crippen LogP contribution < -0.4 is 24.9 Å². The predicted molar refractivity (Wildman–Crippen MR) is 222 cm³/mol. The van der Waals surface area contributed by atoms with Gasteiger partial charge in [0.15, 0.2) is 11.2 Å². The third-order valence-corrected chi connectivity index (χ3v) is 11.3. The molecule has 0 saturated carbocycles. The second-order valence-electron chi connectivity index (χ2n) is 13.7. The van der Waals surface area contributed by atoms with E-state index in [1.165, 1.54) is 6.33 Å². The van der Waals surface area contributed by atoms with Gasteiger partial charge in [-0.1, -0.05) is 80.0 Å².